The zero-order valence-electron chi connectivity index (χ0n) is 8.47. The van der Waals surface area contributed by atoms with Gasteiger partial charge in [-0.25, -0.2) is 4.39 Å². The van der Waals surface area contributed by atoms with Gasteiger partial charge in [0.1, 0.15) is 5.82 Å². The Labute approximate surface area is 83.4 Å². The van der Waals surface area contributed by atoms with Crippen LogP contribution in [0.1, 0.15) is 18.1 Å². The zero-order chi connectivity index (χ0) is 10.1. The fourth-order valence-electron chi connectivity index (χ4n) is 1.65. The maximum atomic E-state index is 13.2. The van der Waals surface area contributed by atoms with Crippen LogP contribution in [0.25, 0.3) is 10.8 Å². The third-order valence-electron chi connectivity index (χ3n) is 2.59. The Morgan fingerprint density at radius 2 is 1.86 bits per heavy atom. The van der Waals surface area contributed by atoms with Gasteiger partial charge in [-0.05, 0) is 47.4 Å². The highest BCUT2D eigenvalue weighted by atomic mass is 19.1. The Kier molecular flexibility index (Phi) is 2.24. The molecule has 0 amide bonds. The van der Waals surface area contributed by atoms with Gasteiger partial charge in [-0.15, -0.1) is 0 Å². The molecule has 0 saturated carbocycles. The van der Waals surface area contributed by atoms with Crippen molar-refractivity contribution in [3.8, 4) is 0 Å². The van der Waals surface area contributed by atoms with Crippen LogP contribution >= 0.6 is 0 Å². The van der Waals surface area contributed by atoms with E-state index in [0.29, 0.717) is 5.56 Å². The first kappa shape index (κ1) is 9.20. The first-order chi connectivity index (χ1) is 6.70. The smallest absolute Gasteiger partial charge is 0.126 e. The van der Waals surface area contributed by atoms with Crippen LogP contribution < -0.4 is 0 Å². The van der Waals surface area contributed by atoms with Gasteiger partial charge in [-0.1, -0.05) is 25.1 Å². The lowest BCUT2D eigenvalue weighted by molar-refractivity contribution is 0.620. The van der Waals surface area contributed by atoms with Crippen molar-refractivity contribution >= 4 is 10.8 Å². The molecule has 72 valence electrons. The Balaban J connectivity index is 2.70. The maximum Gasteiger partial charge on any atom is 0.126 e. The first-order valence-corrected chi connectivity index (χ1v) is 4.89. The molecular formula is C13H13F. The highest BCUT2D eigenvalue weighted by Crippen LogP contribution is 2.20. The largest absolute Gasteiger partial charge is 0.207 e. The molecule has 0 radical (unpaired) electrons. The normalized spacial score (nSPS) is 10.8. The summed E-state index contributed by atoms with van der Waals surface area (Å²) in [6, 6.07) is 9.67. The highest BCUT2D eigenvalue weighted by Gasteiger charge is 2.00. The second-order valence-corrected chi connectivity index (χ2v) is 3.64. The monoisotopic (exact) mass is 188 g/mol. The standard InChI is InChI=1S/C13H13F/c1-3-10-4-5-11-8-13(14)9(2)6-12(11)7-10/h4-8H,3H2,1-2H3. The molecule has 1 heteroatoms. The number of hydrogen-bond acceptors (Lipinski definition) is 0. The number of hydrogen-bond donors (Lipinski definition) is 0. The number of halogens is 1. The third-order valence-corrected chi connectivity index (χ3v) is 2.59. The molecule has 0 heterocycles. The lowest BCUT2D eigenvalue weighted by Crippen LogP contribution is -1.85. The minimum Gasteiger partial charge on any atom is -0.207 e. The van der Waals surface area contributed by atoms with Gasteiger partial charge in [-0.2, -0.15) is 0 Å². The molecule has 0 unspecified atom stereocenters. The fraction of sp³-hybridized carbons (Fsp3) is 0.231. The molecule has 0 saturated heterocycles. The number of rotatable bonds is 1. The van der Waals surface area contributed by atoms with E-state index in [-0.39, 0.29) is 5.82 Å². The van der Waals surface area contributed by atoms with E-state index in [1.165, 1.54) is 5.56 Å². The molecule has 0 fully saturated rings. The van der Waals surface area contributed by atoms with Crippen molar-refractivity contribution in [2.75, 3.05) is 0 Å². The van der Waals surface area contributed by atoms with Gasteiger partial charge < -0.3 is 0 Å². The summed E-state index contributed by atoms with van der Waals surface area (Å²) in [6.07, 6.45) is 1.02. The quantitative estimate of drug-likeness (QED) is 0.637. The molecule has 0 nitrogen and oxygen atoms in total. The summed E-state index contributed by atoms with van der Waals surface area (Å²) in [5, 5.41) is 2.11. The summed E-state index contributed by atoms with van der Waals surface area (Å²) < 4.78 is 13.2. The Morgan fingerprint density at radius 3 is 2.57 bits per heavy atom. The number of fused-ring (bicyclic) bond motifs is 1. The van der Waals surface area contributed by atoms with E-state index in [9.17, 15) is 4.39 Å². The molecule has 2 aromatic carbocycles. The lowest BCUT2D eigenvalue weighted by atomic mass is 10.0. The molecule has 14 heavy (non-hydrogen) atoms. The number of aryl methyl sites for hydroxylation is 2. The van der Waals surface area contributed by atoms with Gasteiger partial charge in [0, 0.05) is 0 Å². The molecule has 0 atom stereocenters. The van der Waals surface area contributed by atoms with Crippen molar-refractivity contribution in [3.05, 3.63) is 47.3 Å². The summed E-state index contributed by atoms with van der Waals surface area (Å²) in [6.45, 7) is 3.92. The van der Waals surface area contributed by atoms with Crippen molar-refractivity contribution in [2.45, 2.75) is 20.3 Å². The van der Waals surface area contributed by atoms with Gasteiger partial charge >= 0.3 is 0 Å². The predicted molar refractivity (Wildman–Crippen MR) is 58.0 cm³/mol. The van der Waals surface area contributed by atoms with Crippen LogP contribution in [-0.2, 0) is 6.42 Å². The second kappa shape index (κ2) is 3.41. The van der Waals surface area contributed by atoms with E-state index in [1.807, 2.05) is 12.1 Å². The van der Waals surface area contributed by atoms with Crippen molar-refractivity contribution in [2.24, 2.45) is 0 Å². The van der Waals surface area contributed by atoms with Crippen LogP contribution in [0.4, 0.5) is 4.39 Å². The Morgan fingerprint density at radius 1 is 1.07 bits per heavy atom. The van der Waals surface area contributed by atoms with E-state index >= 15 is 0 Å². The molecule has 0 N–H and O–H groups in total. The van der Waals surface area contributed by atoms with E-state index < -0.39 is 0 Å². The zero-order valence-corrected chi connectivity index (χ0v) is 8.47. The van der Waals surface area contributed by atoms with Crippen molar-refractivity contribution in [1.82, 2.24) is 0 Å². The molecule has 0 aromatic heterocycles. The highest BCUT2D eigenvalue weighted by molar-refractivity contribution is 5.83. The molecule has 0 bridgehead atoms. The van der Waals surface area contributed by atoms with Crippen LogP contribution in [0.15, 0.2) is 30.3 Å². The predicted octanol–water partition coefficient (Wildman–Crippen LogP) is 3.85. The maximum absolute atomic E-state index is 13.2. The SMILES string of the molecule is CCc1ccc2cc(F)c(C)cc2c1. The minimum atomic E-state index is -0.123. The lowest BCUT2D eigenvalue weighted by Gasteiger charge is -2.03. The summed E-state index contributed by atoms with van der Waals surface area (Å²) >= 11 is 0. The first-order valence-electron chi connectivity index (χ1n) is 4.89. The van der Waals surface area contributed by atoms with Crippen molar-refractivity contribution in [3.63, 3.8) is 0 Å². The average molecular weight is 188 g/mol. The molecule has 2 aromatic rings. The Bertz CT molecular complexity index is 472. The van der Waals surface area contributed by atoms with E-state index in [0.717, 1.165) is 17.2 Å². The third kappa shape index (κ3) is 1.50. The summed E-state index contributed by atoms with van der Waals surface area (Å²) in [5.74, 6) is -0.123. The van der Waals surface area contributed by atoms with Crippen LogP contribution in [0, 0.1) is 12.7 Å². The van der Waals surface area contributed by atoms with Gasteiger partial charge in [0.15, 0.2) is 0 Å². The molecule has 0 aliphatic rings. The summed E-state index contributed by atoms with van der Waals surface area (Å²) in [5.41, 5.74) is 2.01. The van der Waals surface area contributed by atoms with Gasteiger partial charge in [0.2, 0.25) is 0 Å². The molecular weight excluding hydrogens is 175 g/mol. The molecule has 0 aliphatic heterocycles. The van der Waals surface area contributed by atoms with Crippen molar-refractivity contribution in [1.29, 1.82) is 0 Å². The van der Waals surface area contributed by atoms with E-state index in [4.69, 9.17) is 0 Å². The topological polar surface area (TPSA) is 0 Å². The Hall–Kier alpha value is -1.37. The van der Waals surface area contributed by atoms with Crippen LogP contribution in [0.3, 0.4) is 0 Å². The number of benzene rings is 2. The summed E-state index contributed by atoms with van der Waals surface area (Å²) in [7, 11) is 0. The van der Waals surface area contributed by atoms with E-state index in [2.05, 4.69) is 19.1 Å². The second-order valence-electron chi connectivity index (χ2n) is 3.64. The molecule has 0 aliphatic carbocycles. The fourth-order valence-corrected chi connectivity index (χ4v) is 1.65. The minimum absolute atomic E-state index is 0.123. The molecule has 2 rings (SSSR count). The van der Waals surface area contributed by atoms with Crippen LogP contribution in [0.5, 0.6) is 0 Å². The van der Waals surface area contributed by atoms with Crippen LogP contribution in [0.2, 0.25) is 0 Å². The summed E-state index contributed by atoms with van der Waals surface area (Å²) in [4.78, 5) is 0. The van der Waals surface area contributed by atoms with Gasteiger partial charge in [0.25, 0.3) is 0 Å². The average Bonchev–Trinajstić information content (AvgIpc) is 2.19. The molecule has 0 spiro atoms. The van der Waals surface area contributed by atoms with Gasteiger partial charge in [0.05, 0.1) is 0 Å². The van der Waals surface area contributed by atoms with Crippen molar-refractivity contribution < 1.29 is 4.39 Å². The van der Waals surface area contributed by atoms with E-state index in [1.54, 1.807) is 13.0 Å². The van der Waals surface area contributed by atoms with Gasteiger partial charge in [-0.3, -0.25) is 0 Å². The van der Waals surface area contributed by atoms with Crippen LogP contribution in [-0.4, -0.2) is 0 Å².